The standard InChI is InChI=1S/C26H34N8O2/c1-31(2)11-12-32(3)22-14-23(36-5)21(13-20(22)27)29-25-28-15-19-17-34(16-18-9-7-6-8-10-18)26(35)33(4)24(19)30-25/h6-10,13-15H,11-12,16-17,27H2,1-5H3,(H,28,29,30). The molecule has 0 unspecified atom stereocenters. The maximum Gasteiger partial charge on any atom is 0.326 e. The minimum Gasteiger partial charge on any atom is -0.494 e. The minimum absolute atomic E-state index is 0.108. The van der Waals surface area contributed by atoms with Crippen LogP contribution in [0.25, 0.3) is 0 Å². The van der Waals surface area contributed by atoms with Gasteiger partial charge in [0.15, 0.2) is 0 Å². The third kappa shape index (κ3) is 5.44. The lowest BCUT2D eigenvalue weighted by atomic mass is 10.1. The monoisotopic (exact) mass is 490 g/mol. The zero-order valence-corrected chi connectivity index (χ0v) is 21.5. The summed E-state index contributed by atoms with van der Waals surface area (Å²) in [5.74, 6) is 1.56. The van der Waals surface area contributed by atoms with Crippen molar-refractivity contribution in [3.8, 4) is 5.75 Å². The molecule has 3 aromatic rings. The van der Waals surface area contributed by atoms with Gasteiger partial charge in [-0.15, -0.1) is 0 Å². The SMILES string of the molecule is COc1cc(N(C)CCN(C)C)c(N)cc1Nc1ncc2c(n1)N(C)C(=O)N(Cc1ccccc1)C2. The first-order valence-corrected chi connectivity index (χ1v) is 11.8. The number of methoxy groups -OCH3 is 1. The summed E-state index contributed by atoms with van der Waals surface area (Å²) in [6.45, 7) is 2.69. The number of aromatic nitrogens is 2. The second kappa shape index (κ2) is 10.7. The van der Waals surface area contributed by atoms with Crippen LogP contribution in [0.15, 0.2) is 48.7 Å². The second-order valence-corrected chi connectivity index (χ2v) is 9.19. The van der Waals surface area contributed by atoms with Gasteiger partial charge in [-0.25, -0.2) is 9.78 Å². The van der Waals surface area contributed by atoms with Crippen molar-refractivity contribution < 1.29 is 9.53 Å². The van der Waals surface area contributed by atoms with Crippen molar-refractivity contribution in [1.29, 1.82) is 0 Å². The number of ether oxygens (including phenoxy) is 1. The quantitative estimate of drug-likeness (QED) is 0.440. The molecule has 36 heavy (non-hydrogen) atoms. The highest BCUT2D eigenvalue weighted by Gasteiger charge is 2.29. The Balaban J connectivity index is 1.54. The molecule has 0 radical (unpaired) electrons. The normalized spacial score (nSPS) is 13.1. The molecule has 10 nitrogen and oxygen atoms in total. The summed E-state index contributed by atoms with van der Waals surface area (Å²) in [4.78, 5) is 29.7. The van der Waals surface area contributed by atoms with E-state index in [1.165, 1.54) is 0 Å². The van der Waals surface area contributed by atoms with Gasteiger partial charge in [-0.3, -0.25) is 4.90 Å². The fourth-order valence-corrected chi connectivity index (χ4v) is 4.14. The molecule has 4 rings (SSSR count). The molecule has 1 aliphatic heterocycles. The van der Waals surface area contributed by atoms with Crippen molar-refractivity contribution in [3.05, 3.63) is 59.8 Å². The number of benzene rings is 2. The van der Waals surface area contributed by atoms with E-state index in [2.05, 4.69) is 25.1 Å². The highest BCUT2D eigenvalue weighted by molar-refractivity contribution is 5.93. The van der Waals surface area contributed by atoms with Crippen molar-refractivity contribution in [2.24, 2.45) is 0 Å². The van der Waals surface area contributed by atoms with E-state index in [9.17, 15) is 4.79 Å². The van der Waals surface area contributed by atoms with E-state index in [1.54, 1.807) is 30.2 Å². The van der Waals surface area contributed by atoms with Gasteiger partial charge in [0.05, 0.1) is 30.7 Å². The second-order valence-electron chi connectivity index (χ2n) is 9.19. The number of nitrogens with two attached hydrogens (primary N) is 1. The third-order valence-electron chi connectivity index (χ3n) is 6.18. The molecule has 2 amide bonds. The molecule has 0 atom stereocenters. The van der Waals surface area contributed by atoms with Crippen molar-refractivity contribution in [2.75, 3.05) is 69.2 Å². The van der Waals surface area contributed by atoms with Crippen LogP contribution in [-0.4, -0.2) is 74.2 Å². The van der Waals surface area contributed by atoms with Crippen LogP contribution in [0.5, 0.6) is 5.75 Å². The number of likely N-dealkylation sites (N-methyl/N-ethyl adjacent to an activating group) is 2. The molecule has 0 saturated carbocycles. The van der Waals surface area contributed by atoms with Crippen LogP contribution >= 0.6 is 0 Å². The summed E-state index contributed by atoms with van der Waals surface area (Å²) in [6.07, 6.45) is 1.75. The maximum absolute atomic E-state index is 13.0. The Morgan fingerprint density at radius 1 is 1.14 bits per heavy atom. The molecule has 0 bridgehead atoms. The average Bonchev–Trinajstić information content (AvgIpc) is 2.87. The van der Waals surface area contributed by atoms with E-state index < -0.39 is 0 Å². The summed E-state index contributed by atoms with van der Waals surface area (Å²) in [7, 11) is 9.42. The fraction of sp³-hybridized carbons (Fsp3) is 0.346. The number of amides is 2. The largest absolute Gasteiger partial charge is 0.494 e. The number of nitrogens with zero attached hydrogens (tertiary/aromatic N) is 6. The van der Waals surface area contributed by atoms with Gasteiger partial charge in [0, 0.05) is 51.6 Å². The lowest BCUT2D eigenvalue weighted by Crippen LogP contribution is -2.45. The number of carbonyl (C=O) groups excluding carboxylic acids is 1. The lowest BCUT2D eigenvalue weighted by Gasteiger charge is -2.34. The fourth-order valence-electron chi connectivity index (χ4n) is 4.14. The Labute approximate surface area is 212 Å². The summed E-state index contributed by atoms with van der Waals surface area (Å²) >= 11 is 0. The van der Waals surface area contributed by atoms with Crippen LogP contribution in [-0.2, 0) is 13.1 Å². The van der Waals surface area contributed by atoms with Crippen LogP contribution < -0.4 is 25.6 Å². The van der Waals surface area contributed by atoms with Gasteiger partial charge in [-0.2, -0.15) is 4.98 Å². The van der Waals surface area contributed by atoms with E-state index in [4.69, 9.17) is 10.5 Å². The van der Waals surface area contributed by atoms with Crippen LogP contribution in [0.2, 0.25) is 0 Å². The van der Waals surface area contributed by atoms with Crippen molar-refractivity contribution >= 4 is 34.9 Å². The van der Waals surface area contributed by atoms with E-state index in [0.717, 1.165) is 29.9 Å². The van der Waals surface area contributed by atoms with Gasteiger partial charge >= 0.3 is 6.03 Å². The smallest absolute Gasteiger partial charge is 0.326 e. The molecule has 0 saturated heterocycles. The number of rotatable bonds is 9. The molecule has 10 heteroatoms. The first kappa shape index (κ1) is 25.1. The van der Waals surface area contributed by atoms with Crippen LogP contribution in [0.3, 0.4) is 0 Å². The van der Waals surface area contributed by atoms with Gasteiger partial charge in [0.1, 0.15) is 11.6 Å². The average molecular weight is 491 g/mol. The zero-order valence-electron chi connectivity index (χ0n) is 21.5. The highest BCUT2D eigenvalue weighted by Crippen LogP contribution is 2.36. The van der Waals surface area contributed by atoms with Crippen molar-refractivity contribution in [1.82, 2.24) is 19.8 Å². The number of hydrogen-bond donors (Lipinski definition) is 2. The lowest BCUT2D eigenvalue weighted by molar-refractivity contribution is 0.196. The molecule has 1 aromatic heterocycles. The summed E-state index contributed by atoms with van der Waals surface area (Å²) in [5.41, 5.74) is 10.5. The number of carbonyl (C=O) groups is 1. The number of nitrogen functional groups attached to an aromatic ring is 1. The molecular formula is C26H34N8O2. The predicted molar refractivity (Wildman–Crippen MR) is 144 cm³/mol. The molecule has 2 heterocycles. The summed E-state index contributed by atoms with van der Waals surface area (Å²) < 4.78 is 5.63. The van der Waals surface area contributed by atoms with E-state index in [-0.39, 0.29) is 6.03 Å². The van der Waals surface area contributed by atoms with E-state index in [1.807, 2.05) is 63.6 Å². The topological polar surface area (TPSA) is 103 Å². The number of anilines is 5. The Bertz CT molecular complexity index is 1220. The van der Waals surface area contributed by atoms with Gasteiger partial charge in [-0.05, 0) is 25.7 Å². The number of hydrogen-bond acceptors (Lipinski definition) is 8. The summed E-state index contributed by atoms with van der Waals surface area (Å²) in [5, 5.41) is 3.21. The van der Waals surface area contributed by atoms with Crippen LogP contribution in [0.1, 0.15) is 11.1 Å². The molecule has 0 fully saturated rings. The van der Waals surface area contributed by atoms with Crippen molar-refractivity contribution in [2.45, 2.75) is 13.1 Å². The van der Waals surface area contributed by atoms with Crippen molar-refractivity contribution in [3.63, 3.8) is 0 Å². The van der Waals surface area contributed by atoms with Crippen LogP contribution in [0, 0.1) is 0 Å². The Hall–Kier alpha value is -4.05. The number of fused-ring (bicyclic) bond motifs is 1. The number of nitrogens with one attached hydrogen (secondary N) is 1. The molecule has 190 valence electrons. The maximum atomic E-state index is 13.0. The number of urea groups is 1. The molecular weight excluding hydrogens is 456 g/mol. The van der Waals surface area contributed by atoms with Crippen LogP contribution in [0.4, 0.5) is 33.6 Å². The first-order valence-electron chi connectivity index (χ1n) is 11.8. The molecule has 0 spiro atoms. The molecule has 1 aliphatic rings. The Morgan fingerprint density at radius 2 is 1.89 bits per heavy atom. The van der Waals surface area contributed by atoms with E-state index >= 15 is 0 Å². The summed E-state index contributed by atoms with van der Waals surface area (Å²) in [6, 6.07) is 13.5. The zero-order chi connectivity index (χ0) is 25.8. The van der Waals surface area contributed by atoms with Gasteiger partial charge in [0.2, 0.25) is 5.95 Å². The Morgan fingerprint density at radius 3 is 2.58 bits per heavy atom. The molecule has 0 aliphatic carbocycles. The molecule has 2 aromatic carbocycles. The van der Waals surface area contributed by atoms with Gasteiger partial charge in [0.25, 0.3) is 0 Å². The first-order chi connectivity index (χ1) is 17.3. The van der Waals surface area contributed by atoms with Gasteiger partial charge < -0.3 is 30.5 Å². The van der Waals surface area contributed by atoms with E-state index in [0.29, 0.717) is 42.0 Å². The van der Waals surface area contributed by atoms with Gasteiger partial charge in [-0.1, -0.05) is 30.3 Å². The molecule has 3 N–H and O–H groups in total. The Kier molecular flexibility index (Phi) is 7.44. The highest BCUT2D eigenvalue weighted by atomic mass is 16.5. The predicted octanol–water partition coefficient (Wildman–Crippen LogP) is 3.38. The third-order valence-corrected chi connectivity index (χ3v) is 6.18. The minimum atomic E-state index is -0.108.